The van der Waals surface area contributed by atoms with Crippen molar-refractivity contribution >= 4 is 21.6 Å². The molecule has 3 rings (SSSR count). The summed E-state index contributed by atoms with van der Waals surface area (Å²) in [5.41, 5.74) is 1.10. The molecule has 1 heterocycles. The van der Waals surface area contributed by atoms with Crippen molar-refractivity contribution in [2.24, 2.45) is 0 Å². The van der Waals surface area contributed by atoms with Gasteiger partial charge in [0.15, 0.2) is 0 Å². The normalized spacial score (nSPS) is 15.7. The molecule has 1 aliphatic heterocycles. The monoisotopic (exact) mass is 402 g/mol. The third-order valence-corrected chi connectivity index (χ3v) is 6.32. The number of carbonyl (C=O) groups is 1. The molecule has 1 saturated heterocycles. The maximum Gasteiger partial charge on any atom is 0.243 e. The van der Waals surface area contributed by atoms with Gasteiger partial charge in [-0.15, -0.1) is 0 Å². The second-order valence-corrected chi connectivity index (χ2v) is 8.31. The molecule has 0 spiro atoms. The third-order valence-electron chi connectivity index (χ3n) is 4.43. The fraction of sp³-hybridized carbons (Fsp3) is 0.263. The number of anilines is 1. The standard InChI is InChI=1S/C19H19FN4O3S/c20-16-2-1-3-18(12-16)28(26,27)24-10-8-23(9-11-24)14-19(25)22-17-6-4-15(13-21)5-7-17/h1-7,12H,8-11,14H2,(H,22,25). The van der Waals surface area contributed by atoms with Crippen molar-refractivity contribution in [1.82, 2.24) is 9.21 Å². The van der Waals surface area contributed by atoms with Crippen LogP contribution in [0.15, 0.2) is 53.4 Å². The zero-order valence-electron chi connectivity index (χ0n) is 15.0. The number of nitrogens with zero attached hydrogens (tertiary/aromatic N) is 3. The fourth-order valence-electron chi connectivity index (χ4n) is 2.94. The van der Waals surface area contributed by atoms with Crippen molar-refractivity contribution < 1.29 is 17.6 Å². The average Bonchev–Trinajstić information content (AvgIpc) is 2.69. The summed E-state index contributed by atoms with van der Waals surface area (Å²) in [5, 5.41) is 11.5. The summed E-state index contributed by atoms with van der Waals surface area (Å²) in [6.45, 7) is 1.38. The van der Waals surface area contributed by atoms with Crippen LogP contribution in [0.1, 0.15) is 5.56 Å². The van der Waals surface area contributed by atoms with Crippen LogP contribution >= 0.6 is 0 Å². The van der Waals surface area contributed by atoms with E-state index in [0.29, 0.717) is 24.3 Å². The van der Waals surface area contributed by atoms with Gasteiger partial charge in [-0.1, -0.05) is 6.07 Å². The number of hydrogen-bond donors (Lipinski definition) is 1. The van der Waals surface area contributed by atoms with Crippen molar-refractivity contribution in [3.63, 3.8) is 0 Å². The van der Waals surface area contributed by atoms with E-state index in [1.807, 2.05) is 11.0 Å². The Morgan fingerprint density at radius 2 is 1.79 bits per heavy atom. The van der Waals surface area contributed by atoms with E-state index in [-0.39, 0.29) is 30.4 Å². The molecular weight excluding hydrogens is 383 g/mol. The Bertz CT molecular complexity index is 995. The summed E-state index contributed by atoms with van der Waals surface area (Å²) in [5.74, 6) is -0.815. The molecule has 0 radical (unpaired) electrons. The summed E-state index contributed by atoms with van der Waals surface area (Å²) in [6, 6.07) is 13.5. The summed E-state index contributed by atoms with van der Waals surface area (Å²) in [7, 11) is -3.75. The number of sulfonamides is 1. The van der Waals surface area contributed by atoms with Gasteiger partial charge in [0.25, 0.3) is 0 Å². The fourth-order valence-corrected chi connectivity index (χ4v) is 4.39. The van der Waals surface area contributed by atoms with E-state index in [9.17, 15) is 17.6 Å². The molecule has 0 aliphatic carbocycles. The molecule has 28 heavy (non-hydrogen) atoms. The topological polar surface area (TPSA) is 93.5 Å². The molecule has 9 heteroatoms. The first-order valence-electron chi connectivity index (χ1n) is 8.66. The molecule has 1 aliphatic rings. The number of amides is 1. The lowest BCUT2D eigenvalue weighted by Crippen LogP contribution is -2.50. The highest BCUT2D eigenvalue weighted by Crippen LogP contribution is 2.18. The molecule has 0 atom stereocenters. The minimum absolute atomic E-state index is 0.0699. The van der Waals surface area contributed by atoms with Gasteiger partial charge in [0.1, 0.15) is 5.82 Å². The van der Waals surface area contributed by atoms with Gasteiger partial charge in [-0.3, -0.25) is 9.69 Å². The largest absolute Gasteiger partial charge is 0.325 e. The Morgan fingerprint density at radius 1 is 1.11 bits per heavy atom. The maximum absolute atomic E-state index is 13.3. The first kappa shape index (κ1) is 19.9. The van der Waals surface area contributed by atoms with Crippen molar-refractivity contribution in [3.8, 4) is 6.07 Å². The van der Waals surface area contributed by atoms with Crippen LogP contribution in [0, 0.1) is 17.1 Å². The van der Waals surface area contributed by atoms with Crippen LogP contribution in [0.4, 0.5) is 10.1 Å². The van der Waals surface area contributed by atoms with Gasteiger partial charge in [-0.25, -0.2) is 12.8 Å². The van der Waals surface area contributed by atoms with Crippen LogP contribution in [0.5, 0.6) is 0 Å². The van der Waals surface area contributed by atoms with Crippen molar-refractivity contribution in [1.29, 1.82) is 5.26 Å². The Morgan fingerprint density at radius 3 is 2.39 bits per heavy atom. The highest BCUT2D eigenvalue weighted by Gasteiger charge is 2.29. The van der Waals surface area contributed by atoms with Gasteiger partial charge in [0, 0.05) is 31.9 Å². The number of carbonyl (C=O) groups excluding carboxylic acids is 1. The van der Waals surface area contributed by atoms with E-state index in [1.54, 1.807) is 24.3 Å². The molecule has 146 valence electrons. The van der Waals surface area contributed by atoms with E-state index in [2.05, 4.69) is 5.32 Å². The van der Waals surface area contributed by atoms with Crippen LogP contribution in [0.25, 0.3) is 0 Å². The predicted molar refractivity (Wildman–Crippen MR) is 101 cm³/mol. The first-order valence-corrected chi connectivity index (χ1v) is 10.1. The number of nitriles is 1. The van der Waals surface area contributed by atoms with E-state index < -0.39 is 15.8 Å². The van der Waals surface area contributed by atoms with Gasteiger partial charge in [-0.2, -0.15) is 9.57 Å². The van der Waals surface area contributed by atoms with E-state index >= 15 is 0 Å². The number of hydrogen-bond acceptors (Lipinski definition) is 5. The lowest BCUT2D eigenvalue weighted by Gasteiger charge is -2.33. The lowest BCUT2D eigenvalue weighted by molar-refractivity contribution is -0.117. The van der Waals surface area contributed by atoms with Gasteiger partial charge < -0.3 is 5.32 Å². The molecule has 0 bridgehead atoms. The van der Waals surface area contributed by atoms with E-state index in [1.165, 1.54) is 22.5 Å². The summed E-state index contributed by atoms with van der Waals surface area (Å²) < 4.78 is 39.8. The molecular formula is C19H19FN4O3S. The Labute approximate surface area is 163 Å². The van der Waals surface area contributed by atoms with Crippen LogP contribution in [-0.2, 0) is 14.8 Å². The van der Waals surface area contributed by atoms with Gasteiger partial charge in [0.05, 0.1) is 23.1 Å². The van der Waals surface area contributed by atoms with Crippen LogP contribution < -0.4 is 5.32 Å². The van der Waals surface area contributed by atoms with Crippen molar-refractivity contribution in [2.75, 3.05) is 38.0 Å². The van der Waals surface area contributed by atoms with E-state index in [4.69, 9.17) is 5.26 Å². The van der Waals surface area contributed by atoms with Crippen LogP contribution in [0.3, 0.4) is 0 Å². The Kier molecular flexibility index (Phi) is 6.04. The second-order valence-electron chi connectivity index (χ2n) is 6.37. The highest BCUT2D eigenvalue weighted by molar-refractivity contribution is 7.89. The molecule has 0 aromatic heterocycles. The number of benzene rings is 2. The SMILES string of the molecule is N#Cc1ccc(NC(=O)CN2CCN(S(=O)(=O)c3cccc(F)c3)CC2)cc1. The summed E-state index contributed by atoms with van der Waals surface area (Å²) in [6.07, 6.45) is 0. The molecule has 7 nitrogen and oxygen atoms in total. The third kappa shape index (κ3) is 4.72. The molecule has 0 saturated carbocycles. The zero-order valence-corrected chi connectivity index (χ0v) is 15.8. The molecule has 2 aromatic carbocycles. The zero-order chi connectivity index (χ0) is 20.1. The smallest absolute Gasteiger partial charge is 0.243 e. The Balaban J connectivity index is 1.53. The quantitative estimate of drug-likeness (QED) is 0.821. The van der Waals surface area contributed by atoms with E-state index in [0.717, 1.165) is 6.07 Å². The highest BCUT2D eigenvalue weighted by atomic mass is 32.2. The lowest BCUT2D eigenvalue weighted by atomic mass is 10.2. The van der Waals surface area contributed by atoms with Gasteiger partial charge >= 0.3 is 0 Å². The molecule has 2 aromatic rings. The number of nitrogens with one attached hydrogen (secondary N) is 1. The minimum Gasteiger partial charge on any atom is -0.325 e. The molecule has 1 amide bonds. The number of rotatable bonds is 5. The number of halogens is 1. The second kappa shape index (κ2) is 8.48. The Hall–Kier alpha value is -2.80. The van der Waals surface area contributed by atoms with Crippen LogP contribution in [0.2, 0.25) is 0 Å². The predicted octanol–water partition coefficient (Wildman–Crippen LogP) is 1.64. The summed E-state index contributed by atoms with van der Waals surface area (Å²) in [4.78, 5) is 14.0. The molecule has 0 unspecified atom stereocenters. The van der Waals surface area contributed by atoms with Crippen LogP contribution in [-0.4, -0.2) is 56.3 Å². The molecule has 1 fully saturated rings. The van der Waals surface area contributed by atoms with Gasteiger partial charge in [0.2, 0.25) is 15.9 Å². The first-order chi connectivity index (χ1) is 13.4. The summed E-state index contributed by atoms with van der Waals surface area (Å²) >= 11 is 0. The van der Waals surface area contributed by atoms with Gasteiger partial charge in [-0.05, 0) is 42.5 Å². The van der Waals surface area contributed by atoms with Crippen molar-refractivity contribution in [3.05, 3.63) is 59.9 Å². The molecule has 1 N–H and O–H groups in total. The minimum atomic E-state index is -3.75. The van der Waals surface area contributed by atoms with Crippen molar-refractivity contribution in [2.45, 2.75) is 4.90 Å². The number of piperazine rings is 1. The maximum atomic E-state index is 13.3. The average molecular weight is 402 g/mol.